The number of hydrogen-bond donors (Lipinski definition) is 3. The summed E-state index contributed by atoms with van der Waals surface area (Å²) in [6.07, 6.45) is 3.03. The van der Waals surface area contributed by atoms with Crippen molar-refractivity contribution in [2.75, 3.05) is 11.5 Å². The second-order valence-electron chi connectivity index (χ2n) is 4.06. The number of aryl methyl sites for hydroxylation is 1. The Labute approximate surface area is 119 Å². The fourth-order valence-electron chi connectivity index (χ4n) is 1.45. The number of carboxylic acids is 1. The van der Waals surface area contributed by atoms with Gasteiger partial charge in [0.25, 0.3) is 0 Å². The number of rotatable bonds is 8. The van der Waals surface area contributed by atoms with Gasteiger partial charge in [0.15, 0.2) is 6.04 Å². The van der Waals surface area contributed by atoms with Crippen LogP contribution >= 0.6 is 11.8 Å². The molecule has 20 heavy (non-hydrogen) atoms. The molecule has 0 aliphatic rings. The van der Waals surface area contributed by atoms with E-state index in [-0.39, 0.29) is 12.2 Å². The number of carbonyl (C=O) groups is 3. The minimum atomic E-state index is -1.16. The van der Waals surface area contributed by atoms with Crippen molar-refractivity contribution in [3.8, 4) is 0 Å². The highest BCUT2D eigenvalue weighted by molar-refractivity contribution is 7.99. The summed E-state index contributed by atoms with van der Waals surface area (Å²) in [5, 5.41) is 15.4. The number of nitrogens with two attached hydrogens (primary N) is 1. The van der Waals surface area contributed by atoms with E-state index in [0.29, 0.717) is 11.3 Å². The van der Waals surface area contributed by atoms with Crippen molar-refractivity contribution in [3.05, 3.63) is 18.0 Å². The van der Waals surface area contributed by atoms with Gasteiger partial charge in [-0.05, 0) is 0 Å². The Hall–Kier alpha value is -2.03. The molecule has 1 heterocycles. The summed E-state index contributed by atoms with van der Waals surface area (Å²) in [5.41, 5.74) is 5.36. The van der Waals surface area contributed by atoms with Crippen LogP contribution in [0.5, 0.6) is 0 Å². The monoisotopic (exact) mass is 300 g/mol. The van der Waals surface area contributed by atoms with Crippen molar-refractivity contribution in [3.63, 3.8) is 0 Å². The van der Waals surface area contributed by atoms with Crippen molar-refractivity contribution in [1.29, 1.82) is 0 Å². The van der Waals surface area contributed by atoms with Crippen LogP contribution in [-0.4, -0.2) is 44.2 Å². The van der Waals surface area contributed by atoms with Gasteiger partial charge in [0.05, 0.1) is 11.9 Å². The van der Waals surface area contributed by atoms with E-state index in [4.69, 9.17) is 10.8 Å². The van der Waals surface area contributed by atoms with Crippen molar-refractivity contribution >= 4 is 29.5 Å². The van der Waals surface area contributed by atoms with Crippen LogP contribution in [0.1, 0.15) is 18.0 Å². The summed E-state index contributed by atoms with van der Waals surface area (Å²) < 4.78 is 1.46. The highest BCUT2D eigenvalue weighted by Crippen LogP contribution is 2.12. The van der Waals surface area contributed by atoms with E-state index in [0.717, 1.165) is 0 Å². The molecule has 0 spiro atoms. The van der Waals surface area contributed by atoms with E-state index in [1.807, 2.05) is 0 Å². The van der Waals surface area contributed by atoms with Crippen LogP contribution < -0.4 is 11.1 Å². The first-order valence-corrected chi connectivity index (χ1v) is 6.92. The summed E-state index contributed by atoms with van der Waals surface area (Å²) in [4.78, 5) is 33.3. The first kappa shape index (κ1) is 16.0. The molecule has 0 fully saturated rings. The lowest BCUT2D eigenvalue weighted by atomic mass is 10.1. The molecule has 1 rings (SSSR count). The van der Waals surface area contributed by atoms with E-state index >= 15 is 0 Å². The summed E-state index contributed by atoms with van der Waals surface area (Å²) in [5.74, 6) is -1.48. The molecule has 0 radical (unpaired) electrons. The molecular weight excluding hydrogens is 284 g/mol. The molecule has 0 saturated carbocycles. The van der Waals surface area contributed by atoms with Gasteiger partial charge in [-0.3, -0.25) is 14.3 Å². The van der Waals surface area contributed by atoms with Gasteiger partial charge in [-0.1, -0.05) is 0 Å². The van der Waals surface area contributed by atoms with E-state index in [2.05, 4.69) is 10.4 Å². The lowest BCUT2D eigenvalue weighted by molar-refractivity contribution is -0.142. The molecule has 0 aliphatic carbocycles. The highest BCUT2D eigenvalue weighted by Gasteiger charge is 2.23. The van der Waals surface area contributed by atoms with Gasteiger partial charge in [-0.2, -0.15) is 16.9 Å². The molecule has 2 amide bonds. The lowest BCUT2D eigenvalue weighted by Crippen LogP contribution is -2.33. The largest absolute Gasteiger partial charge is 0.479 e. The lowest BCUT2D eigenvalue weighted by Gasteiger charge is -2.12. The molecule has 1 unspecified atom stereocenters. The second-order valence-corrected chi connectivity index (χ2v) is 5.16. The summed E-state index contributed by atoms with van der Waals surface area (Å²) in [6, 6.07) is -1.13. The number of amides is 2. The molecule has 9 heteroatoms. The van der Waals surface area contributed by atoms with Crippen LogP contribution in [0.4, 0.5) is 0 Å². The number of thioether (sulfide) groups is 1. The fourth-order valence-corrected chi connectivity index (χ4v) is 2.12. The maximum Gasteiger partial charge on any atom is 0.331 e. The first-order valence-electron chi connectivity index (χ1n) is 5.77. The zero-order valence-electron chi connectivity index (χ0n) is 10.9. The molecule has 0 aliphatic heterocycles. The van der Waals surface area contributed by atoms with E-state index in [9.17, 15) is 14.4 Å². The van der Waals surface area contributed by atoms with E-state index in [1.54, 1.807) is 7.05 Å². The van der Waals surface area contributed by atoms with Crippen molar-refractivity contribution in [2.45, 2.75) is 12.5 Å². The Morgan fingerprint density at radius 3 is 2.75 bits per heavy atom. The summed E-state index contributed by atoms with van der Waals surface area (Å²) in [7, 11) is 1.66. The van der Waals surface area contributed by atoms with Crippen LogP contribution in [-0.2, 0) is 21.4 Å². The van der Waals surface area contributed by atoms with Gasteiger partial charge in [0.2, 0.25) is 11.8 Å². The molecule has 4 N–H and O–H groups in total. The molecular formula is C11H16N4O4S. The van der Waals surface area contributed by atoms with Crippen LogP contribution in [0.25, 0.3) is 0 Å². The van der Waals surface area contributed by atoms with Crippen LogP contribution in [0, 0.1) is 0 Å². The number of carbonyl (C=O) groups excluding carboxylic acids is 2. The normalized spacial score (nSPS) is 11.8. The van der Waals surface area contributed by atoms with Crippen molar-refractivity contribution in [2.24, 2.45) is 12.8 Å². The minimum Gasteiger partial charge on any atom is -0.479 e. The Bertz CT molecular complexity index is 502. The predicted molar refractivity (Wildman–Crippen MR) is 72.9 cm³/mol. The van der Waals surface area contributed by atoms with Gasteiger partial charge < -0.3 is 16.2 Å². The van der Waals surface area contributed by atoms with E-state index < -0.39 is 23.8 Å². The van der Waals surface area contributed by atoms with Gasteiger partial charge in [-0.25, -0.2) is 4.79 Å². The maximum absolute atomic E-state index is 11.7. The number of primary amides is 1. The van der Waals surface area contributed by atoms with Gasteiger partial charge in [0, 0.05) is 31.0 Å². The van der Waals surface area contributed by atoms with Crippen LogP contribution in [0.15, 0.2) is 12.4 Å². The van der Waals surface area contributed by atoms with Gasteiger partial charge >= 0.3 is 5.97 Å². The average molecular weight is 300 g/mol. The molecule has 1 aromatic rings. The Kier molecular flexibility index (Phi) is 6.04. The smallest absolute Gasteiger partial charge is 0.331 e. The van der Waals surface area contributed by atoms with Crippen molar-refractivity contribution < 1.29 is 19.5 Å². The third kappa shape index (κ3) is 5.31. The predicted octanol–water partition coefficient (Wildman–Crippen LogP) is -0.729. The van der Waals surface area contributed by atoms with Crippen LogP contribution in [0.2, 0.25) is 0 Å². The van der Waals surface area contributed by atoms with E-state index in [1.165, 1.54) is 28.8 Å². The third-order valence-corrected chi connectivity index (χ3v) is 3.31. The summed E-state index contributed by atoms with van der Waals surface area (Å²) >= 11 is 1.23. The topological polar surface area (TPSA) is 127 Å². The Balaban J connectivity index is 2.48. The number of aliphatic carboxylic acids is 1. The van der Waals surface area contributed by atoms with Crippen LogP contribution in [0.3, 0.4) is 0 Å². The molecule has 0 aromatic carbocycles. The molecule has 1 aromatic heterocycles. The number of carboxylic acid groups (broad SMARTS) is 1. The van der Waals surface area contributed by atoms with Gasteiger partial charge in [0.1, 0.15) is 0 Å². The number of aromatic nitrogens is 2. The molecule has 8 nitrogen and oxygen atoms in total. The average Bonchev–Trinajstić information content (AvgIpc) is 2.77. The maximum atomic E-state index is 11.7. The third-order valence-electron chi connectivity index (χ3n) is 2.33. The summed E-state index contributed by atoms with van der Waals surface area (Å²) in [6.45, 7) is 0. The second kappa shape index (κ2) is 7.53. The number of nitrogens with one attached hydrogen (secondary N) is 1. The minimum absolute atomic E-state index is 0.113. The molecule has 0 saturated heterocycles. The Morgan fingerprint density at radius 1 is 1.55 bits per heavy atom. The number of nitrogens with zero attached hydrogens (tertiary/aromatic N) is 2. The van der Waals surface area contributed by atoms with Crippen molar-refractivity contribution in [1.82, 2.24) is 15.1 Å². The highest BCUT2D eigenvalue weighted by atomic mass is 32.2. The molecule has 1 atom stereocenters. The molecule has 110 valence electrons. The fraction of sp³-hybridized carbons (Fsp3) is 0.455. The first-order chi connectivity index (χ1) is 9.40. The Morgan fingerprint density at radius 2 is 2.25 bits per heavy atom. The number of hydrogen-bond acceptors (Lipinski definition) is 5. The zero-order valence-corrected chi connectivity index (χ0v) is 11.7. The molecule has 0 bridgehead atoms. The standard InChI is InChI=1S/C11H16N4O4S/c1-15-5-7(4-13-15)10(11(18)19)14-9(17)2-3-20-6-8(12)16/h4-5,10H,2-3,6H2,1H3,(H2,12,16)(H,14,17)(H,18,19). The SMILES string of the molecule is Cn1cc(C(NC(=O)CCSCC(N)=O)C(=O)O)cn1. The van der Waals surface area contributed by atoms with Gasteiger partial charge in [-0.15, -0.1) is 0 Å². The quantitative estimate of drug-likeness (QED) is 0.543. The zero-order chi connectivity index (χ0) is 15.1.